The summed E-state index contributed by atoms with van der Waals surface area (Å²) in [5, 5.41) is 3.23. The van der Waals surface area contributed by atoms with Gasteiger partial charge in [-0.2, -0.15) is 0 Å². The van der Waals surface area contributed by atoms with E-state index >= 15 is 0 Å². The molecule has 0 saturated heterocycles. The Labute approximate surface area is 246 Å². The molecule has 41 heavy (non-hydrogen) atoms. The lowest BCUT2D eigenvalue weighted by Gasteiger charge is -2.18. The van der Waals surface area contributed by atoms with Gasteiger partial charge in [-0.25, -0.2) is 0 Å². The van der Waals surface area contributed by atoms with E-state index in [0.717, 1.165) is 27.3 Å². The quantitative estimate of drug-likeness (QED) is 0.203. The number of rotatable bonds is 5. The van der Waals surface area contributed by atoms with Gasteiger partial charge < -0.3 is 0 Å². The monoisotopic (exact) mass is 542 g/mol. The summed E-state index contributed by atoms with van der Waals surface area (Å²) in [6, 6.07) is 58.2. The minimum atomic E-state index is 0.733. The third kappa shape index (κ3) is 4.84. The minimum Gasteiger partial charge on any atom is -0.0843 e. The summed E-state index contributed by atoms with van der Waals surface area (Å²) in [6.07, 6.45) is 0. The van der Waals surface area contributed by atoms with Crippen LogP contribution in [-0.4, -0.2) is 0 Å². The second kappa shape index (κ2) is 10.9. The molecular formula is C40H27Cl. The summed E-state index contributed by atoms with van der Waals surface area (Å²) < 4.78 is 0. The third-order valence-corrected chi connectivity index (χ3v) is 8.00. The van der Waals surface area contributed by atoms with Crippen LogP contribution in [0.25, 0.3) is 66.4 Å². The summed E-state index contributed by atoms with van der Waals surface area (Å²) >= 11 is 6.51. The van der Waals surface area contributed by atoms with Crippen molar-refractivity contribution >= 4 is 22.4 Å². The van der Waals surface area contributed by atoms with Gasteiger partial charge in [0.05, 0.1) is 0 Å². The molecule has 0 amide bonds. The average Bonchev–Trinajstić information content (AvgIpc) is 3.05. The molecule has 0 aliphatic carbocycles. The lowest BCUT2D eigenvalue weighted by molar-refractivity contribution is 1.56. The molecule has 1 heteroatoms. The van der Waals surface area contributed by atoms with Crippen LogP contribution in [0.2, 0.25) is 5.02 Å². The Morgan fingerprint density at radius 3 is 1.41 bits per heavy atom. The third-order valence-electron chi connectivity index (χ3n) is 7.76. The van der Waals surface area contributed by atoms with Crippen molar-refractivity contribution < 1.29 is 0 Å². The zero-order chi connectivity index (χ0) is 27.6. The molecule has 0 nitrogen and oxygen atoms in total. The van der Waals surface area contributed by atoms with Gasteiger partial charge in [-0.15, -0.1) is 0 Å². The highest BCUT2D eigenvalue weighted by molar-refractivity contribution is 6.31. The number of hydrogen-bond donors (Lipinski definition) is 0. The topological polar surface area (TPSA) is 0 Å². The van der Waals surface area contributed by atoms with Crippen LogP contribution in [-0.2, 0) is 0 Å². The maximum atomic E-state index is 6.51. The minimum absolute atomic E-state index is 0.733. The van der Waals surface area contributed by atoms with Crippen molar-refractivity contribution in [2.45, 2.75) is 0 Å². The summed E-state index contributed by atoms with van der Waals surface area (Å²) in [4.78, 5) is 0. The maximum absolute atomic E-state index is 6.51. The van der Waals surface area contributed by atoms with Crippen molar-refractivity contribution in [2.75, 3.05) is 0 Å². The molecule has 0 aromatic heterocycles. The highest BCUT2D eigenvalue weighted by Crippen LogP contribution is 2.43. The normalized spacial score (nSPS) is 11.0. The molecule has 0 heterocycles. The van der Waals surface area contributed by atoms with E-state index in [1.165, 1.54) is 44.2 Å². The predicted octanol–water partition coefficient (Wildman–Crippen LogP) is 11.8. The zero-order valence-corrected chi connectivity index (χ0v) is 23.2. The van der Waals surface area contributed by atoms with Crippen LogP contribution in [0, 0.1) is 0 Å². The lowest BCUT2D eigenvalue weighted by atomic mass is 9.85. The molecule has 0 spiro atoms. The Hall–Kier alpha value is -4.91. The predicted molar refractivity (Wildman–Crippen MR) is 176 cm³/mol. The number of benzene rings is 7. The molecule has 0 saturated carbocycles. The molecule has 0 aliphatic heterocycles. The molecule has 0 fully saturated rings. The van der Waals surface area contributed by atoms with E-state index in [0.29, 0.717) is 0 Å². The second-order valence-corrected chi connectivity index (χ2v) is 10.7. The van der Waals surface area contributed by atoms with Gasteiger partial charge in [0.1, 0.15) is 0 Å². The van der Waals surface area contributed by atoms with Gasteiger partial charge in [-0.1, -0.05) is 157 Å². The Balaban J connectivity index is 1.49. The van der Waals surface area contributed by atoms with Gasteiger partial charge in [0, 0.05) is 5.02 Å². The van der Waals surface area contributed by atoms with Crippen molar-refractivity contribution in [3.05, 3.63) is 169 Å². The molecule has 0 bridgehead atoms. The summed E-state index contributed by atoms with van der Waals surface area (Å²) in [6.45, 7) is 0. The molecule has 7 aromatic rings. The van der Waals surface area contributed by atoms with Gasteiger partial charge >= 0.3 is 0 Å². The maximum Gasteiger partial charge on any atom is 0.0412 e. The first-order valence-corrected chi connectivity index (χ1v) is 14.3. The fourth-order valence-corrected chi connectivity index (χ4v) is 6.02. The molecule has 0 atom stereocenters. The summed E-state index contributed by atoms with van der Waals surface area (Å²) in [5.41, 5.74) is 11.9. The van der Waals surface area contributed by atoms with Gasteiger partial charge in [-0.05, 0) is 84.6 Å². The Morgan fingerprint density at radius 1 is 0.293 bits per heavy atom. The molecule has 194 valence electrons. The van der Waals surface area contributed by atoms with Gasteiger partial charge in [-0.3, -0.25) is 0 Å². The highest BCUT2D eigenvalue weighted by atomic mass is 35.5. The Kier molecular flexibility index (Phi) is 6.69. The molecular weight excluding hydrogens is 516 g/mol. The first-order valence-electron chi connectivity index (χ1n) is 13.9. The largest absolute Gasteiger partial charge is 0.0843 e. The van der Waals surface area contributed by atoms with E-state index in [-0.39, 0.29) is 0 Å². The van der Waals surface area contributed by atoms with Gasteiger partial charge in [0.15, 0.2) is 0 Å². The fraction of sp³-hybridized carbons (Fsp3) is 0. The van der Waals surface area contributed by atoms with E-state index in [2.05, 4.69) is 152 Å². The van der Waals surface area contributed by atoms with Crippen molar-refractivity contribution in [2.24, 2.45) is 0 Å². The van der Waals surface area contributed by atoms with Crippen molar-refractivity contribution in [1.29, 1.82) is 0 Å². The lowest BCUT2D eigenvalue weighted by Crippen LogP contribution is -1.92. The van der Waals surface area contributed by atoms with Crippen LogP contribution in [0.15, 0.2) is 164 Å². The fourth-order valence-electron chi connectivity index (χ4n) is 5.85. The zero-order valence-electron chi connectivity index (χ0n) is 22.5. The summed E-state index contributed by atoms with van der Waals surface area (Å²) in [5.74, 6) is 0. The van der Waals surface area contributed by atoms with E-state index in [1.54, 1.807) is 0 Å². The van der Waals surface area contributed by atoms with Crippen LogP contribution >= 0.6 is 11.6 Å². The van der Waals surface area contributed by atoms with E-state index in [1.807, 2.05) is 12.1 Å². The van der Waals surface area contributed by atoms with Gasteiger partial charge in [0.25, 0.3) is 0 Å². The standard InChI is InChI=1S/C40H27Cl/c41-33-23-25-34(39(27-33)30-16-8-3-9-17-30)32-22-24-36(38(26-32)29-14-6-2-7-15-29)37-21-11-19-31-18-10-20-35(40(31)37)28-12-4-1-5-13-28/h1-27H. The smallest absolute Gasteiger partial charge is 0.0412 e. The highest BCUT2D eigenvalue weighted by Gasteiger charge is 2.16. The molecule has 0 aliphatic rings. The number of hydrogen-bond acceptors (Lipinski definition) is 0. The van der Waals surface area contributed by atoms with Crippen molar-refractivity contribution in [1.82, 2.24) is 0 Å². The van der Waals surface area contributed by atoms with Crippen molar-refractivity contribution in [3.8, 4) is 55.6 Å². The Morgan fingerprint density at radius 2 is 0.805 bits per heavy atom. The Bertz CT molecular complexity index is 1970. The molecule has 0 unspecified atom stereocenters. The molecule has 7 aromatic carbocycles. The van der Waals surface area contributed by atoms with Crippen LogP contribution in [0.4, 0.5) is 0 Å². The van der Waals surface area contributed by atoms with Crippen LogP contribution in [0.3, 0.4) is 0 Å². The molecule has 0 radical (unpaired) electrons. The van der Waals surface area contributed by atoms with E-state index in [4.69, 9.17) is 11.6 Å². The summed E-state index contributed by atoms with van der Waals surface area (Å²) in [7, 11) is 0. The van der Waals surface area contributed by atoms with E-state index < -0.39 is 0 Å². The number of fused-ring (bicyclic) bond motifs is 1. The second-order valence-electron chi connectivity index (χ2n) is 10.3. The number of halogens is 1. The SMILES string of the molecule is Clc1ccc(-c2ccc(-c3cccc4cccc(-c5ccccc5)c34)c(-c3ccccc3)c2)c(-c2ccccc2)c1. The first-order chi connectivity index (χ1) is 20.3. The molecule has 7 rings (SSSR count). The van der Waals surface area contributed by atoms with Crippen molar-refractivity contribution in [3.63, 3.8) is 0 Å². The van der Waals surface area contributed by atoms with Crippen LogP contribution in [0.1, 0.15) is 0 Å². The molecule has 0 N–H and O–H groups in total. The van der Waals surface area contributed by atoms with Crippen LogP contribution in [0.5, 0.6) is 0 Å². The van der Waals surface area contributed by atoms with Crippen LogP contribution < -0.4 is 0 Å². The average molecular weight is 543 g/mol. The van der Waals surface area contributed by atoms with E-state index in [9.17, 15) is 0 Å². The first kappa shape index (κ1) is 25.1. The van der Waals surface area contributed by atoms with Gasteiger partial charge in [0.2, 0.25) is 0 Å².